The Morgan fingerprint density at radius 3 is 2.48 bits per heavy atom. The van der Waals surface area contributed by atoms with E-state index < -0.39 is 5.54 Å². The van der Waals surface area contributed by atoms with Crippen molar-refractivity contribution in [2.24, 2.45) is 0 Å². The molecule has 1 N–H and O–H groups in total. The highest BCUT2D eigenvalue weighted by Gasteiger charge is 2.37. The molecule has 5 nitrogen and oxygen atoms in total. The molecule has 1 heterocycles. The van der Waals surface area contributed by atoms with Crippen molar-refractivity contribution in [2.75, 3.05) is 33.4 Å². The van der Waals surface area contributed by atoms with Gasteiger partial charge in [-0.15, -0.1) is 0 Å². The van der Waals surface area contributed by atoms with Gasteiger partial charge >= 0.3 is 5.97 Å². The highest BCUT2D eigenvalue weighted by molar-refractivity contribution is 5.80. The zero-order valence-corrected chi connectivity index (χ0v) is 14.3. The third-order valence-corrected chi connectivity index (χ3v) is 4.43. The van der Waals surface area contributed by atoms with E-state index in [9.17, 15) is 4.79 Å². The van der Waals surface area contributed by atoms with Gasteiger partial charge < -0.3 is 19.7 Å². The van der Waals surface area contributed by atoms with Crippen LogP contribution in [0.5, 0.6) is 0 Å². The molecule has 0 aromatic rings. The fraction of sp³-hybridized carbons (Fsp3) is 0.938. The van der Waals surface area contributed by atoms with Gasteiger partial charge in [0.1, 0.15) is 5.54 Å². The number of carbonyl (C=O) groups is 1. The van der Waals surface area contributed by atoms with Crippen LogP contribution in [0.15, 0.2) is 0 Å². The summed E-state index contributed by atoms with van der Waals surface area (Å²) in [5.41, 5.74) is -0.609. The van der Waals surface area contributed by atoms with E-state index in [0.29, 0.717) is 18.8 Å². The lowest BCUT2D eigenvalue weighted by atomic mass is 9.91. The van der Waals surface area contributed by atoms with E-state index in [1.54, 1.807) is 7.11 Å². The Balaban J connectivity index is 2.60. The molecule has 124 valence electrons. The standard InChI is InChI=1S/C16H32N2O3/c1-6-17-16(4,15(19)21-7-2)12-13(3)18-10-8-14(20-5)9-11-18/h13-14,17H,6-12H2,1-5H3. The van der Waals surface area contributed by atoms with Gasteiger partial charge in [0.2, 0.25) is 0 Å². The maximum absolute atomic E-state index is 12.2. The van der Waals surface area contributed by atoms with Crippen LogP contribution in [0.2, 0.25) is 0 Å². The SMILES string of the molecule is CCNC(C)(CC(C)N1CCC(OC)CC1)C(=O)OCC. The van der Waals surface area contributed by atoms with Crippen molar-refractivity contribution >= 4 is 5.97 Å². The molecule has 0 radical (unpaired) electrons. The fourth-order valence-electron chi connectivity index (χ4n) is 3.18. The van der Waals surface area contributed by atoms with Crippen LogP contribution >= 0.6 is 0 Å². The summed E-state index contributed by atoms with van der Waals surface area (Å²) in [6.45, 7) is 11.3. The van der Waals surface area contributed by atoms with E-state index in [4.69, 9.17) is 9.47 Å². The van der Waals surface area contributed by atoms with Gasteiger partial charge in [-0.25, -0.2) is 0 Å². The minimum Gasteiger partial charge on any atom is -0.465 e. The molecule has 1 fully saturated rings. The maximum atomic E-state index is 12.2. The predicted octanol–water partition coefficient (Wildman–Crippen LogP) is 1.81. The average Bonchev–Trinajstić information content (AvgIpc) is 2.47. The van der Waals surface area contributed by atoms with Crippen molar-refractivity contribution in [3.63, 3.8) is 0 Å². The first-order valence-electron chi connectivity index (χ1n) is 8.15. The Bertz CT molecular complexity index is 317. The average molecular weight is 300 g/mol. The number of likely N-dealkylation sites (tertiary alicyclic amines) is 1. The number of rotatable bonds is 8. The second kappa shape index (κ2) is 8.71. The summed E-state index contributed by atoms with van der Waals surface area (Å²) in [6, 6.07) is 0.344. The number of likely N-dealkylation sites (N-methyl/N-ethyl adjacent to an activating group) is 1. The van der Waals surface area contributed by atoms with Crippen molar-refractivity contribution in [1.82, 2.24) is 10.2 Å². The molecule has 5 heteroatoms. The second-order valence-corrected chi connectivity index (χ2v) is 6.11. The molecule has 0 spiro atoms. The van der Waals surface area contributed by atoms with Gasteiger partial charge in [-0.3, -0.25) is 4.79 Å². The molecule has 1 saturated heterocycles. The van der Waals surface area contributed by atoms with Crippen LogP contribution in [0.25, 0.3) is 0 Å². The lowest BCUT2D eigenvalue weighted by Gasteiger charge is -2.39. The minimum absolute atomic E-state index is 0.148. The Kier molecular flexibility index (Phi) is 7.63. The topological polar surface area (TPSA) is 50.8 Å². The molecule has 0 aromatic carbocycles. The van der Waals surface area contributed by atoms with Crippen LogP contribution in [0.3, 0.4) is 0 Å². The van der Waals surface area contributed by atoms with Crippen molar-refractivity contribution in [3.05, 3.63) is 0 Å². The van der Waals surface area contributed by atoms with E-state index in [1.807, 2.05) is 20.8 Å². The number of hydrogen-bond donors (Lipinski definition) is 1. The van der Waals surface area contributed by atoms with Gasteiger partial charge in [0.05, 0.1) is 12.7 Å². The summed E-state index contributed by atoms with van der Waals surface area (Å²) in [5, 5.41) is 3.31. The Morgan fingerprint density at radius 1 is 1.38 bits per heavy atom. The lowest BCUT2D eigenvalue weighted by Crippen LogP contribution is -2.55. The second-order valence-electron chi connectivity index (χ2n) is 6.11. The number of piperidine rings is 1. The largest absolute Gasteiger partial charge is 0.465 e. The van der Waals surface area contributed by atoms with Crippen LogP contribution in [-0.2, 0) is 14.3 Å². The molecule has 1 aliphatic heterocycles. The minimum atomic E-state index is -0.609. The smallest absolute Gasteiger partial charge is 0.326 e. The van der Waals surface area contributed by atoms with Crippen molar-refractivity contribution in [1.29, 1.82) is 0 Å². The summed E-state index contributed by atoms with van der Waals surface area (Å²) in [7, 11) is 1.78. The molecule has 2 unspecified atom stereocenters. The van der Waals surface area contributed by atoms with Crippen LogP contribution in [0.4, 0.5) is 0 Å². The number of nitrogens with zero attached hydrogens (tertiary/aromatic N) is 1. The van der Waals surface area contributed by atoms with Crippen molar-refractivity contribution < 1.29 is 14.3 Å². The summed E-state index contributed by atoms with van der Waals surface area (Å²) in [6.07, 6.45) is 3.28. The number of esters is 1. The molecule has 1 aliphatic rings. The number of methoxy groups -OCH3 is 1. The number of nitrogens with one attached hydrogen (secondary N) is 1. The summed E-state index contributed by atoms with van der Waals surface area (Å²) >= 11 is 0. The molecule has 0 bridgehead atoms. The molecule has 0 amide bonds. The van der Waals surface area contributed by atoms with Crippen LogP contribution in [0.1, 0.15) is 47.0 Å². The van der Waals surface area contributed by atoms with E-state index >= 15 is 0 Å². The lowest BCUT2D eigenvalue weighted by molar-refractivity contribution is -0.151. The van der Waals surface area contributed by atoms with Gasteiger partial charge in [0, 0.05) is 26.2 Å². The molecular formula is C16H32N2O3. The van der Waals surface area contributed by atoms with E-state index in [1.165, 1.54) is 0 Å². The normalized spacial score (nSPS) is 21.8. The monoisotopic (exact) mass is 300 g/mol. The van der Waals surface area contributed by atoms with Gasteiger partial charge in [-0.05, 0) is 46.6 Å². The summed E-state index contributed by atoms with van der Waals surface area (Å²) in [5.74, 6) is -0.148. The van der Waals surface area contributed by atoms with Crippen molar-refractivity contribution in [2.45, 2.75) is 64.6 Å². The number of ether oxygens (including phenoxy) is 2. The zero-order chi connectivity index (χ0) is 15.9. The first-order chi connectivity index (χ1) is 9.96. The molecule has 0 aromatic heterocycles. The van der Waals surface area contributed by atoms with Gasteiger partial charge in [0.25, 0.3) is 0 Å². The fourth-order valence-corrected chi connectivity index (χ4v) is 3.18. The van der Waals surface area contributed by atoms with Crippen LogP contribution in [-0.4, -0.2) is 61.9 Å². The molecule has 1 rings (SSSR count). The third kappa shape index (κ3) is 5.24. The molecule has 21 heavy (non-hydrogen) atoms. The molecular weight excluding hydrogens is 268 g/mol. The quantitative estimate of drug-likeness (QED) is 0.693. The first-order valence-corrected chi connectivity index (χ1v) is 8.15. The van der Waals surface area contributed by atoms with Gasteiger partial charge in [-0.1, -0.05) is 6.92 Å². The molecule has 0 aliphatic carbocycles. The zero-order valence-electron chi connectivity index (χ0n) is 14.3. The Hall–Kier alpha value is -0.650. The van der Waals surface area contributed by atoms with Gasteiger partial charge in [0.15, 0.2) is 0 Å². The van der Waals surface area contributed by atoms with Crippen LogP contribution < -0.4 is 5.32 Å². The van der Waals surface area contributed by atoms with E-state index in [2.05, 4.69) is 17.1 Å². The Morgan fingerprint density at radius 2 is 2.00 bits per heavy atom. The predicted molar refractivity (Wildman–Crippen MR) is 84.4 cm³/mol. The first kappa shape index (κ1) is 18.4. The molecule has 2 atom stereocenters. The maximum Gasteiger partial charge on any atom is 0.326 e. The summed E-state index contributed by atoms with van der Waals surface area (Å²) < 4.78 is 10.7. The molecule has 0 saturated carbocycles. The highest BCUT2D eigenvalue weighted by atomic mass is 16.5. The van der Waals surface area contributed by atoms with Gasteiger partial charge in [-0.2, -0.15) is 0 Å². The number of hydrogen-bond acceptors (Lipinski definition) is 5. The Labute approximate surface area is 129 Å². The number of carbonyl (C=O) groups excluding carboxylic acids is 1. The van der Waals surface area contributed by atoms with E-state index in [0.717, 1.165) is 38.9 Å². The van der Waals surface area contributed by atoms with Crippen molar-refractivity contribution in [3.8, 4) is 0 Å². The third-order valence-electron chi connectivity index (χ3n) is 4.43. The highest BCUT2D eigenvalue weighted by Crippen LogP contribution is 2.22. The van der Waals surface area contributed by atoms with E-state index in [-0.39, 0.29) is 5.97 Å². The van der Waals surface area contributed by atoms with Crippen LogP contribution in [0, 0.1) is 0 Å². The summed E-state index contributed by atoms with van der Waals surface area (Å²) in [4.78, 5) is 14.7.